The summed E-state index contributed by atoms with van der Waals surface area (Å²) in [4.78, 5) is 28.4. The van der Waals surface area contributed by atoms with Crippen molar-refractivity contribution in [3.05, 3.63) is 113 Å². The molecule has 5 nitrogen and oxygen atoms in total. The molecular weight excluding hydrogens is 458 g/mol. The average Bonchev–Trinajstić information content (AvgIpc) is 3.06. The van der Waals surface area contributed by atoms with Gasteiger partial charge in [0, 0.05) is 5.69 Å². The van der Waals surface area contributed by atoms with Crippen molar-refractivity contribution in [1.29, 1.82) is 0 Å². The molecule has 0 radical (unpaired) electrons. The second-order valence-electron chi connectivity index (χ2n) is 9.76. The van der Waals surface area contributed by atoms with Gasteiger partial charge in [-0.05, 0) is 72.3 Å². The fourth-order valence-corrected chi connectivity index (χ4v) is 5.14. The third-order valence-corrected chi connectivity index (χ3v) is 7.36. The number of rotatable bonds is 7. The Bertz CT molecular complexity index is 1420. The number of amides is 2. The Hall–Kier alpha value is -3.96. The number of carbonyl (C=O) groups excluding carboxylic acids is 2. The molecule has 5 heteroatoms. The Morgan fingerprint density at radius 1 is 0.892 bits per heavy atom. The van der Waals surface area contributed by atoms with Crippen molar-refractivity contribution in [1.82, 2.24) is 10.6 Å². The third-order valence-electron chi connectivity index (χ3n) is 7.36. The largest absolute Gasteiger partial charge is 0.343 e. The van der Waals surface area contributed by atoms with E-state index in [1.165, 1.54) is 16.5 Å². The molecule has 0 bridgehead atoms. The molecule has 0 saturated heterocycles. The smallest absolute Gasteiger partial charge is 0.249 e. The number of fused-ring (bicyclic) bond motifs is 2. The van der Waals surface area contributed by atoms with Gasteiger partial charge >= 0.3 is 0 Å². The minimum absolute atomic E-state index is 0.0703. The number of benzene rings is 4. The van der Waals surface area contributed by atoms with E-state index in [2.05, 4.69) is 77.4 Å². The van der Waals surface area contributed by atoms with Crippen molar-refractivity contribution in [2.45, 2.75) is 44.8 Å². The number of likely N-dealkylation sites (N-methyl/N-ethyl adjacent to an activating group) is 1. The SMILES string of the molecule is CN[C@@H](C)C(=O)NC1CCc2ccccc2N(Cc2ccc(Cc3ccccc3)c3ccccc23)C1=O. The zero-order valence-corrected chi connectivity index (χ0v) is 21.4. The number of nitrogens with one attached hydrogen (secondary N) is 2. The number of hydrogen-bond acceptors (Lipinski definition) is 3. The van der Waals surface area contributed by atoms with Crippen LogP contribution in [0.2, 0.25) is 0 Å². The highest BCUT2D eigenvalue weighted by atomic mass is 16.2. The fraction of sp³-hybridized carbons (Fsp3) is 0.250. The molecule has 2 amide bonds. The standard InChI is InChI=1S/C32H33N3O2/c1-22(33-2)31(36)34-29-19-18-24-12-6-9-15-30(24)35(32(29)37)21-26-17-16-25(20-23-10-4-3-5-11-23)27-13-7-8-14-28(26)27/h3-17,22,29,33H,18-21H2,1-2H3,(H,34,36)/t22-,29?/m0/s1. The molecule has 1 heterocycles. The van der Waals surface area contributed by atoms with Gasteiger partial charge in [-0.1, -0.05) is 84.9 Å². The molecule has 0 saturated carbocycles. The normalized spacial score (nSPS) is 16.2. The van der Waals surface area contributed by atoms with Gasteiger partial charge < -0.3 is 15.5 Å². The maximum absolute atomic E-state index is 13.9. The molecule has 4 aromatic carbocycles. The highest BCUT2D eigenvalue weighted by Crippen LogP contribution is 2.31. The van der Waals surface area contributed by atoms with Crippen molar-refractivity contribution in [2.75, 3.05) is 11.9 Å². The molecule has 1 unspecified atom stereocenters. The summed E-state index contributed by atoms with van der Waals surface area (Å²) in [5.41, 5.74) is 5.67. The molecule has 2 N–H and O–H groups in total. The molecule has 1 aliphatic heterocycles. The van der Waals surface area contributed by atoms with Crippen LogP contribution in [0.1, 0.15) is 35.6 Å². The van der Waals surface area contributed by atoms with Crippen LogP contribution in [0.3, 0.4) is 0 Å². The van der Waals surface area contributed by atoms with Gasteiger partial charge in [-0.15, -0.1) is 0 Å². The number of carbonyl (C=O) groups is 2. The van der Waals surface area contributed by atoms with Gasteiger partial charge in [0.1, 0.15) is 6.04 Å². The summed E-state index contributed by atoms with van der Waals surface area (Å²) in [6.45, 7) is 2.24. The number of para-hydroxylation sites is 1. The molecule has 0 aliphatic carbocycles. The van der Waals surface area contributed by atoms with Crippen LogP contribution in [0.15, 0.2) is 91.0 Å². The van der Waals surface area contributed by atoms with E-state index >= 15 is 0 Å². The Morgan fingerprint density at radius 2 is 1.54 bits per heavy atom. The quantitative estimate of drug-likeness (QED) is 0.382. The Morgan fingerprint density at radius 3 is 2.30 bits per heavy atom. The lowest BCUT2D eigenvalue weighted by molar-refractivity contribution is -0.128. The maximum Gasteiger partial charge on any atom is 0.249 e. The molecule has 5 rings (SSSR count). The van der Waals surface area contributed by atoms with Crippen molar-refractivity contribution < 1.29 is 9.59 Å². The second kappa shape index (κ2) is 11.0. The van der Waals surface area contributed by atoms with E-state index < -0.39 is 6.04 Å². The van der Waals surface area contributed by atoms with E-state index in [-0.39, 0.29) is 17.9 Å². The predicted octanol–water partition coefficient (Wildman–Crippen LogP) is 5.00. The van der Waals surface area contributed by atoms with Gasteiger partial charge in [-0.3, -0.25) is 9.59 Å². The van der Waals surface area contributed by atoms with Crippen LogP contribution in [-0.2, 0) is 29.0 Å². The first-order chi connectivity index (χ1) is 18.0. The molecule has 2 atom stereocenters. The lowest BCUT2D eigenvalue weighted by Gasteiger charge is -2.27. The third kappa shape index (κ3) is 5.27. The Kier molecular flexibility index (Phi) is 7.33. The van der Waals surface area contributed by atoms with Gasteiger partial charge in [0.2, 0.25) is 11.8 Å². The monoisotopic (exact) mass is 491 g/mol. The maximum atomic E-state index is 13.9. The number of hydrogen-bond donors (Lipinski definition) is 2. The number of anilines is 1. The summed E-state index contributed by atoms with van der Waals surface area (Å²) in [7, 11) is 1.74. The highest BCUT2D eigenvalue weighted by molar-refractivity contribution is 6.01. The highest BCUT2D eigenvalue weighted by Gasteiger charge is 2.32. The van der Waals surface area contributed by atoms with Crippen LogP contribution in [-0.4, -0.2) is 30.9 Å². The van der Waals surface area contributed by atoms with Crippen LogP contribution >= 0.6 is 0 Å². The van der Waals surface area contributed by atoms with Crippen molar-refractivity contribution in [2.24, 2.45) is 0 Å². The van der Waals surface area contributed by atoms with E-state index in [1.54, 1.807) is 14.0 Å². The van der Waals surface area contributed by atoms with E-state index in [9.17, 15) is 9.59 Å². The average molecular weight is 492 g/mol. The van der Waals surface area contributed by atoms with Crippen molar-refractivity contribution in [3.63, 3.8) is 0 Å². The van der Waals surface area contributed by atoms with Gasteiger partial charge in [-0.25, -0.2) is 0 Å². The molecule has 0 aromatic heterocycles. The van der Waals surface area contributed by atoms with Crippen LogP contribution in [0.5, 0.6) is 0 Å². The first kappa shape index (κ1) is 24.7. The molecule has 0 fully saturated rings. The van der Waals surface area contributed by atoms with Crippen LogP contribution in [0.4, 0.5) is 5.69 Å². The summed E-state index contributed by atoms with van der Waals surface area (Å²) in [6.07, 6.45) is 2.16. The van der Waals surface area contributed by atoms with Gasteiger partial charge in [0.05, 0.1) is 12.6 Å². The summed E-state index contributed by atoms with van der Waals surface area (Å²) >= 11 is 0. The second-order valence-corrected chi connectivity index (χ2v) is 9.76. The number of aryl methyl sites for hydroxylation is 1. The van der Waals surface area contributed by atoms with Crippen LogP contribution in [0.25, 0.3) is 10.8 Å². The van der Waals surface area contributed by atoms with E-state index in [0.29, 0.717) is 13.0 Å². The van der Waals surface area contributed by atoms with Crippen molar-refractivity contribution in [3.8, 4) is 0 Å². The Labute approximate surface area is 218 Å². The first-order valence-electron chi connectivity index (χ1n) is 13.0. The van der Waals surface area contributed by atoms with Crippen molar-refractivity contribution >= 4 is 28.3 Å². The lowest BCUT2D eigenvalue weighted by atomic mass is 9.95. The molecule has 4 aromatic rings. The predicted molar refractivity (Wildman–Crippen MR) is 150 cm³/mol. The van der Waals surface area contributed by atoms with E-state index in [4.69, 9.17) is 0 Å². The minimum Gasteiger partial charge on any atom is -0.343 e. The fourth-order valence-electron chi connectivity index (χ4n) is 5.14. The molecule has 37 heavy (non-hydrogen) atoms. The summed E-state index contributed by atoms with van der Waals surface area (Å²) in [6, 6.07) is 30.4. The van der Waals surface area contributed by atoms with Gasteiger partial charge in [0.15, 0.2) is 0 Å². The lowest BCUT2D eigenvalue weighted by Crippen LogP contribution is -2.52. The van der Waals surface area contributed by atoms with Crippen LogP contribution in [0, 0.1) is 0 Å². The van der Waals surface area contributed by atoms with E-state index in [0.717, 1.165) is 35.0 Å². The minimum atomic E-state index is -0.570. The summed E-state index contributed by atoms with van der Waals surface area (Å²) in [5, 5.41) is 8.30. The Balaban J connectivity index is 1.50. The van der Waals surface area contributed by atoms with E-state index in [1.807, 2.05) is 29.2 Å². The zero-order chi connectivity index (χ0) is 25.8. The first-order valence-corrected chi connectivity index (χ1v) is 13.0. The van der Waals surface area contributed by atoms with Gasteiger partial charge in [-0.2, -0.15) is 0 Å². The van der Waals surface area contributed by atoms with Gasteiger partial charge in [0.25, 0.3) is 0 Å². The summed E-state index contributed by atoms with van der Waals surface area (Å²) < 4.78 is 0. The molecular formula is C32H33N3O2. The molecule has 0 spiro atoms. The zero-order valence-electron chi connectivity index (χ0n) is 21.4. The summed E-state index contributed by atoms with van der Waals surface area (Å²) in [5.74, 6) is -0.235. The molecule has 1 aliphatic rings. The number of nitrogens with zero attached hydrogens (tertiary/aromatic N) is 1. The topological polar surface area (TPSA) is 61.4 Å². The van der Waals surface area contributed by atoms with Crippen LogP contribution < -0.4 is 15.5 Å². The molecule has 188 valence electrons.